The minimum absolute atomic E-state index is 0.810. The van der Waals surface area contributed by atoms with E-state index in [1.165, 1.54) is 5.56 Å². The molecule has 0 radical (unpaired) electrons. The fourth-order valence-corrected chi connectivity index (χ4v) is 0.865. The maximum absolute atomic E-state index is 4.95. The second-order valence-electron chi connectivity index (χ2n) is 2.23. The summed E-state index contributed by atoms with van der Waals surface area (Å²) < 4.78 is 4.95. The van der Waals surface area contributed by atoms with Gasteiger partial charge in [0.15, 0.2) is 0 Å². The van der Waals surface area contributed by atoms with Gasteiger partial charge in [-0.3, -0.25) is 0 Å². The topological polar surface area (TPSA) is 9.23 Å². The predicted octanol–water partition coefficient (Wildman–Crippen LogP) is 2.90. The lowest BCUT2D eigenvalue weighted by atomic mass is 10.2. The van der Waals surface area contributed by atoms with Crippen molar-refractivity contribution < 1.29 is 4.74 Å². The molecule has 0 amide bonds. The average molecular weight is 166 g/mol. The van der Waals surface area contributed by atoms with Crippen LogP contribution in [0.4, 0.5) is 0 Å². The fourth-order valence-electron chi connectivity index (χ4n) is 0.865. The molecule has 0 unspecified atom stereocenters. The summed E-state index contributed by atoms with van der Waals surface area (Å²) in [6.07, 6.45) is 1.01. The zero-order chi connectivity index (χ0) is 9.23. The van der Waals surface area contributed by atoms with Gasteiger partial charge in [-0.1, -0.05) is 44.2 Å². The summed E-state index contributed by atoms with van der Waals surface area (Å²) in [6, 6.07) is 10.3. The van der Waals surface area contributed by atoms with Crippen LogP contribution < -0.4 is 0 Å². The Morgan fingerprint density at radius 1 is 1.08 bits per heavy atom. The predicted molar refractivity (Wildman–Crippen MR) is 53.4 cm³/mol. The van der Waals surface area contributed by atoms with E-state index in [4.69, 9.17) is 4.74 Å². The Morgan fingerprint density at radius 2 is 1.67 bits per heavy atom. The Bertz CT molecular complexity index is 170. The SMILES string of the molecule is CC.COCCc1ccccc1. The summed E-state index contributed by atoms with van der Waals surface area (Å²) in [5, 5.41) is 0. The van der Waals surface area contributed by atoms with Crippen molar-refractivity contribution in [3.63, 3.8) is 0 Å². The Labute approximate surface area is 75.4 Å². The number of ether oxygens (including phenoxy) is 1. The number of benzene rings is 1. The van der Waals surface area contributed by atoms with Crippen LogP contribution in [0.25, 0.3) is 0 Å². The van der Waals surface area contributed by atoms with E-state index in [0.717, 1.165) is 13.0 Å². The normalized spacial score (nSPS) is 8.58. The smallest absolute Gasteiger partial charge is 0.0502 e. The molecule has 0 spiro atoms. The van der Waals surface area contributed by atoms with Gasteiger partial charge in [-0.15, -0.1) is 0 Å². The summed E-state index contributed by atoms with van der Waals surface area (Å²) in [7, 11) is 1.73. The van der Waals surface area contributed by atoms with E-state index in [-0.39, 0.29) is 0 Å². The van der Waals surface area contributed by atoms with Gasteiger partial charge in [-0.2, -0.15) is 0 Å². The van der Waals surface area contributed by atoms with Crippen molar-refractivity contribution in [2.75, 3.05) is 13.7 Å². The highest BCUT2D eigenvalue weighted by atomic mass is 16.5. The van der Waals surface area contributed by atoms with E-state index in [9.17, 15) is 0 Å². The maximum atomic E-state index is 4.95. The van der Waals surface area contributed by atoms with Crippen LogP contribution in [0, 0.1) is 0 Å². The minimum atomic E-state index is 0.810. The van der Waals surface area contributed by atoms with Gasteiger partial charge in [0, 0.05) is 7.11 Å². The first-order valence-corrected chi connectivity index (χ1v) is 4.46. The van der Waals surface area contributed by atoms with Crippen LogP contribution in [-0.4, -0.2) is 13.7 Å². The molecule has 1 rings (SSSR count). The third-order valence-electron chi connectivity index (χ3n) is 1.44. The molecule has 0 aliphatic heterocycles. The minimum Gasteiger partial charge on any atom is -0.384 e. The highest BCUT2D eigenvalue weighted by Gasteiger charge is 1.87. The molecular formula is C11H18O. The van der Waals surface area contributed by atoms with Gasteiger partial charge in [0.2, 0.25) is 0 Å². The molecule has 0 N–H and O–H groups in total. The van der Waals surface area contributed by atoms with Crippen molar-refractivity contribution in [2.24, 2.45) is 0 Å². The van der Waals surface area contributed by atoms with Crippen molar-refractivity contribution in [2.45, 2.75) is 20.3 Å². The number of hydrogen-bond donors (Lipinski definition) is 0. The Balaban J connectivity index is 0.000000561. The van der Waals surface area contributed by atoms with Gasteiger partial charge in [0.25, 0.3) is 0 Å². The van der Waals surface area contributed by atoms with E-state index in [1.54, 1.807) is 7.11 Å². The number of rotatable bonds is 3. The molecule has 1 aromatic rings. The van der Waals surface area contributed by atoms with Crippen molar-refractivity contribution in [3.05, 3.63) is 35.9 Å². The molecule has 12 heavy (non-hydrogen) atoms. The van der Waals surface area contributed by atoms with Crippen LogP contribution in [-0.2, 0) is 11.2 Å². The molecule has 0 saturated heterocycles. The molecule has 0 heterocycles. The maximum Gasteiger partial charge on any atom is 0.0502 e. The zero-order valence-electron chi connectivity index (χ0n) is 8.21. The molecule has 68 valence electrons. The monoisotopic (exact) mass is 166 g/mol. The molecule has 0 fully saturated rings. The van der Waals surface area contributed by atoms with Crippen LogP contribution in [0.5, 0.6) is 0 Å². The van der Waals surface area contributed by atoms with Crippen LogP contribution in [0.15, 0.2) is 30.3 Å². The molecule has 0 aliphatic rings. The Morgan fingerprint density at radius 3 is 2.17 bits per heavy atom. The first-order chi connectivity index (χ1) is 5.93. The van der Waals surface area contributed by atoms with Crippen LogP contribution in [0.2, 0.25) is 0 Å². The Kier molecular flexibility index (Phi) is 7.71. The summed E-state index contributed by atoms with van der Waals surface area (Å²) in [5.74, 6) is 0. The molecule has 0 atom stereocenters. The largest absolute Gasteiger partial charge is 0.384 e. The van der Waals surface area contributed by atoms with Crippen LogP contribution >= 0.6 is 0 Å². The molecule has 1 aromatic carbocycles. The fraction of sp³-hybridized carbons (Fsp3) is 0.455. The lowest BCUT2D eigenvalue weighted by Crippen LogP contribution is -1.92. The summed E-state index contributed by atoms with van der Waals surface area (Å²) in [4.78, 5) is 0. The van der Waals surface area contributed by atoms with Gasteiger partial charge in [-0.25, -0.2) is 0 Å². The lowest BCUT2D eigenvalue weighted by Gasteiger charge is -1.97. The van der Waals surface area contributed by atoms with Gasteiger partial charge in [0.1, 0.15) is 0 Å². The second kappa shape index (κ2) is 8.28. The standard InChI is InChI=1S/C9H12O.C2H6/c1-10-8-7-9-5-3-2-4-6-9;1-2/h2-6H,7-8H2,1H3;1-2H3. The molecule has 1 nitrogen and oxygen atoms in total. The van der Waals surface area contributed by atoms with Crippen molar-refractivity contribution in [3.8, 4) is 0 Å². The summed E-state index contributed by atoms with van der Waals surface area (Å²) in [5.41, 5.74) is 1.34. The van der Waals surface area contributed by atoms with E-state index >= 15 is 0 Å². The van der Waals surface area contributed by atoms with Gasteiger partial charge in [-0.05, 0) is 12.0 Å². The first-order valence-electron chi connectivity index (χ1n) is 4.46. The third-order valence-corrected chi connectivity index (χ3v) is 1.44. The average Bonchev–Trinajstić information content (AvgIpc) is 2.19. The second-order valence-corrected chi connectivity index (χ2v) is 2.23. The number of hydrogen-bond acceptors (Lipinski definition) is 1. The Hall–Kier alpha value is -0.820. The van der Waals surface area contributed by atoms with E-state index < -0.39 is 0 Å². The third kappa shape index (κ3) is 4.91. The molecule has 0 bridgehead atoms. The van der Waals surface area contributed by atoms with E-state index in [2.05, 4.69) is 12.1 Å². The first kappa shape index (κ1) is 11.2. The van der Waals surface area contributed by atoms with Crippen molar-refractivity contribution in [1.29, 1.82) is 0 Å². The summed E-state index contributed by atoms with van der Waals surface area (Å²) in [6.45, 7) is 4.81. The van der Waals surface area contributed by atoms with Gasteiger partial charge >= 0.3 is 0 Å². The molecule has 1 heteroatoms. The van der Waals surface area contributed by atoms with Gasteiger partial charge in [0.05, 0.1) is 6.61 Å². The lowest BCUT2D eigenvalue weighted by molar-refractivity contribution is 0.202. The highest BCUT2D eigenvalue weighted by molar-refractivity contribution is 5.14. The van der Waals surface area contributed by atoms with E-state index in [1.807, 2.05) is 32.0 Å². The van der Waals surface area contributed by atoms with Crippen LogP contribution in [0.3, 0.4) is 0 Å². The molecular weight excluding hydrogens is 148 g/mol. The van der Waals surface area contributed by atoms with E-state index in [0.29, 0.717) is 0 Å². The number of methoxy groups -OCH3 is 1. The molecule has 0 aliphatic carbocycles. The quantitative estimate of drug-likeness (QED) is 0.671. The zero-order valence-corrected chi connectivity index (χ0v) is 8.21. The van der Waals surface area contributed by atoms with Crippen molar-refractivity contribution >= 4 is 0 Å². The highest BCUT2D eigenvalue weighted by Crippen LogP contribution is 1.98. The van der Waals surface area contributed by atoms with Crippen LogP contribution in [0.1, 0.15) is 19.4 Å². The van der Waals surface area contributed by atoms with Gasteiger partial charge < -0.3 is 4.74 Å². The molecule has 0 saturated carbocycles. The molecule has 0 aromatic heterocycles. The summed E-state index contributed by atoms with van der Waals surface area (Å²) >= 11 is 0. The van der Waals surface area contributed by atoms with Crippen molar-refractivity contribution in [1.82, 2.24) is 0 Å².